The van der Waals surface area contributed by atoms with Crippen LogP contribution >= 0.6 is 11.3 Å². The van der Waals surface area contributed by atoms with Crippen LogP contribution in [0.5, 0.6) is 0 Å². The first-order chi connectivity index (χ1) is 13.0. The standard InChI is InChI=1S/C20H23N5OS/c1-12-13(2)27-19-16(12)18(22-17(23-19)14-7-5-9-21-11-14)25-10-6-8-15(25)20(26)24(3)4/h5,7,9,11,15H,6,8,10H2,1-4H3/t15-/m0/s1. The molecule has 1 fully saturated rings. The monoisotopic (exact) mass is 381 g/mol. The molecule has 27 heavy (non-hydrogen) atoms. The molecule has 1 atom stereocenters. The van der Waals surface area contributed by atoms with Gasteiger partial charge in [-0.2, -0.15) is 0 Å². The van der Waals surface area contributed by atoms with E-state index in [1.165, 1.54) is 10.4 Å². The molecule has 140 valence electrons. The number of amides is 1. The number of nitrogens with zero attached hydrogens (tertiary/aromatic N) is 5. The second kappa shape index (κ2) is 6.88. The molecule has 0 saturated carbocycles. The predicted molar refractivity (Wildman–Crippen MR) is 109 cm³/mol. The van der Waals surface area contributed by atoms with Gasteiger partial charge in [0.15, 0.2) is 5.82 Å². The fourth-order valence-electron chi connectivity index (χ4n) is 3.64. The molecular weight excluding hydrogens is 358 g/mol. The maximum atomic E-state index is 12.7. The van der Waals surface area contributed by atoms with Crippen LogP contribution in [0.1, 0.15) is 23.3 Å². The fourth-order valence-corrected chi connectivity index (χ4v) is 4.66. The summed E-state index contributed by atoms with van der Waals surface area (Å²) in [5.74, 6) is 1.67. The Morgan fingerprint density at radius 1 is 1.30 bits per heavy atom. The number of likely N-dealkylation sites (N-methyl/N-ethyl adjacent to an activating group) is 1. The lowest BCUT2D eigenvalue weighted by Crippen LogP contribution is -2.43. The van der Waals surface area contributed by atoms with Crippen LogP contribution in [0.15, 0.2) is 24.5 Å². The summed E-state index contributed by atoms with van der Waals surface area (Å²) in [5.41, 5.74) is 2.09. The fraction of sp³-hybridized carbons (Fsp3) is 0.400. The van der Waals surface area contributed by atoms with Crippen molar-refractivity contribution in [2.24, 2.45) is 0 Å². The number of thiophene rings is 1. The predicted octanol–water partition coefficient (Wildman–Crippen LogP) is 3.43. The number of carbonyl (C=O) groups excluding carboxylic acids is 1. The van der Waals surface area contributed by atoms with Gasteiger partial charge in [0.25, 0.3) is 0 Å². The Morgan fingerprint density at radius 2 is 2.11 bits per heavy atom. The highest BCUT2D eigenvalue weighted by molar-refractivity contribution is 7.18. The third-order valence-corrected chi connectivity index (χ3v) is 6.28. The Kier molecular flexibility index (Phi) is 4.55. The quantitative estimate of drug-likeness (QED) is 0.696. The average Bonchev–Trinajstić information content (AvgIpc) is 3.26. The van der Waals surface area contributed by atoms with Gasteiger partial charge in [-0.25, -0.2) is 9.97 Å². The van der Waals surface area contributed by atoms with E-state index in [-0.39, 0.29) is 11.9 Å². The van der Waals surface area contributed by atoms with Crippen LogP contribution in [-0.2, 0) is 4.79 Å². The van der Waals surface area contributed by atoms with Crippen molar-refractivity contribution in [3.63, 3.8) is 0 Å². The Bertz CT molecular complexity index is 999. The molecule has 0 spiro atoms. The molecule has 1 aliphatic heterocycles. The number of carbonyl (C=O) groups is 1. The minimum Gasteiger partial charge on any atom is -0.347 e. The summed E-state index contributed by atoms with van der Waals surface area (Å²) in [5, 5.41) is 1.07. The van der Waals surface area contributed by atoms with Crippen molar-refractivity contribution in [2.45, 2.75) is 32.7 Å². The number of hydrogen-bond donors (Lipinski definition) is 0. The van der Waals surface area contributed by atoms with Gasteiger partial charge in [-0.15, -0.1) is 11.3 Å². The molecule has 0 unspecified atom stereocenters. The molecule has 3 aromatic heterocycles. The number of aryl methyl sites for hydroxylation is 2. The molecule has 4 rings (SSSR count). The zero-order chi connectivity index (χ0) is 19.1. The molecular formula is C20H23N5OS. The molecule has 0 aliphatic carbocycles. The van der Waals surface area contributed by atoms with Gasteiger partial charge in [0.05, 0.1) is 5.39 Å². The van der Waals surface area contributed by atoms with Crippen molar-refractivity contribution in [3.05, 3.63) is 35.0 Å². The molecule has 0 radical (unpaired) electrons. The molecule has 3 aromatic rings. The first-order valence-corrected chi connectivity index (χ1v) is 9.95. The van der Waals surface area contributed by atoms with Crippen molar-refractivity contribution in [2.75, 3.05) is 25.5 Å². The van der Waals surface area contributed by atoms with Crippen molar-refractivity contribution < 1.29 is 4.79 Å². The van der Waals surface area contributed by atoms with Crippen LogP contribution < -0.4 is 4.90 Å². The smallest absolute Gasteiger partial charge is 0.244 e. The van der Waals surface area contributed by atoms with Gasteiger partial charge >= 0.3 is 0 Å². The Labute approximate surface area is 162 Å². The van der Waals surface area contributed by atoms with E-state index in [4.69, 9.17) is 9.97 Å². The Hall–Kier alpha value is -2.54. The summed E-state index contributed by atoms with van der Waals surface area (Å²) >= 11 is 1.68. The van der Waals surface area contributed by atoms with E-state index in [1.807, 2.05) is 26.2 Å². The third kappa shape index (κ3) is 3.06. The number of rotatable bonds is 3. The van der Waals surface area contributed by atoms with Crippen LogP contribution in [0.2, 0.25) is 0 Å². The van der Waals surface area contributed by atoms with Gasteiger partial charge in [-0.3, -0.25) is 9.78 Å². The van der Waals surface area contributed by atoms with Crippen LogP contribution in [-0.4, -0.2) is 52.4 Å². The topological polar surface area (TPSA) is 62.2 Å². The van der Waals surface area contributed by atoms with E-state index in [1.54, 1.807) is 28.6 Å². The zero-order valence-corrected chi connectivity index (χ0v) is 16.9. The van der Waals surface area contributed by atoms with Gasteiger partial charge in [0.1, 0.15) is 16.7 Å². The lowest BCUT2D eigenvalue weighted by molar-refractivity contribution is -0.129. The minimum absolute atomic E-state index is 0.131. The van der Waals surface area contributed by atoms with E-state index in [2.05, 4.69) is 23.7 Å². The highest BCUT2D eigenvalue weighted by atomic mass is 32.1. The van der Waals surface area contributed by atoms with Crippen LogP contribution in [0.4, 0.5) is 5.82 Å². The summed E-state index contributed by atoms with van der Waals surface area (Å²) in [6.45, 7) is 5.06. The SMILES string of the molecule is Cc1sc2nc(-c3cccnc3)nc(N3CCC[C@H]3C(=O)N(C)C)c2c1C. The molecule has 6 nitrogen and oxygen atoms in total. The first kappa shape index (κ1) is 17.9. The highest BCUT2D eigenvalue weighted by Crippen LogP contribution is 2.39. The van der Waals surface area contributed by atoms with E-state index in [9.17, 15) is 4.79 Å². The van der Waals surface area contributed by atoms with E-state index < -0.39 is 0 Å². The maximum Gasteiger partial charge on any atom is 0.244 e. The van der Waals surface area contributed by atoms with Gasteiger partial charge in [0.2, 0.25) is 5.91 Å². The van der Waals surface area contributed by atoms with Gasteiger partial charge in [0, 0.05) is 43.5 Å². The first-order valence-electron chi connectivity index (χ1n) is 9.13. The molecule has 4 heterocycles. The summed E-state index contributed by atoms with van der Waals surface area (Å²) in [6.07, 6.45) is 5.37. The highest BCUT2D eigenvalue weighted by Gasteiger charge is 2.34. The van der Waals surface area contributed by atoms with Gasteiger partial charge < -0.3 is 9.80 Å². The minimum atomic E-state index is -0.167. The Balaban J connectivity index is 1.91. The number of fused-ring (bicyclic) bond motifs is 1. The van der Waals surface area contributed by atoms with Crippen LogP contribution in [0, 0.1) is 13.8 Å². The van der Waals surface area contributed by atoms with Crippen molar-refractivity contribution in [1.82, 2.24) is 19.9 Å². The molecule has 1 saturated heterocycles. The second-order valence-electron chi connectivity index (χ2n) is 7.16. The van der Waals surface area contributed by atoms with Crippen molar-refractivity contribution >= 4 is 33.3 Å². The summed E-state index contributed by atoms with van der Waals surface area (Å²) in [6, 6.07) is 3.69. The third-order valence-electron chi connectivity index (χ3n) is 5.18. The van der Waals surface area contributed by atoms with E-state index in [0.717, 1.165) is 41.0 Å². The van der Waals surface area contributed by atoms with Crippen LogP contribution in [0.25, 0.3) is 21.6 Å². The van der Waals surface area contributed by atoms with Gasteiger partial charge in [-0.1, -0.05) is 0 Å². The molecule has 7 heteroatoms. The number of pyridine rings is 1. The largest absolute Gasteiger partial charge is 0.347 e. The van der Waals surface area contributed by atoms with Crippen molar-refractivity contribution in [1.29, 1.82) is 0 Å². The normalized spacial score (nSPS) is 16.9. The molecule has 1 aliphatic rings. The second-order valence-corrected chi connectivity index (χ2v) is 8.36. The summed E-state index contributed by atoms with van der Waals surface area (Å²) in [7, 11) is 3.63. The molecule has 1 amide bonds. The lowest BCUT2D eigenvalue weighted by atomic mass is 10.1. The van der Waals surface area contributed by atoms with E-state index in [0.29, 0.717) is 5.82 Å². The average molecular weight is 382 g/mol. The Morgan fingerprint density at radius 3 is 2.81 bits per heavy atom. The number of anilines is 1. The summed E-state index contributed by atoms with van der Waals surface area (Å²) in [4.78, 5) is 32.7. The molecule has 0 aromatic carbocycles. The van der Waals surface area contributed by atoms with E-state index >= 15 is 0 Å². The summed E-state index contributed by atoms with van der Waals surface area (Å²) < 4.78 is 0. The molecule has 0 bridgehead atoms. The lowest BCUT2D eigenvalue weighted by Gasteiger charge is -2.28. The maximum absolute atomic E-state index is 12.7. The number of hydrogen-bond acceptors (Lipinski definition) is 6. The number of aromatic nitrogens is 3. The molecule has 0 N–H and O–H groups in total. The zero-order valence-electron chi connectivity index (χ0n) is 16.1. The van der Waals surface area contributed by atoms with Crippen molar-refractivity contribution in [3.8, 4) is 11.4 Å². The van der Waals surface area contributed by atoms with Crippen LogP contribution in [0.3, 0.4) is 0 Å². The van der Waals surface area contributed by atoms with Gasteiger partial charge in [-0.05, 0) is 44.4 Å².